The van der Waals surface area contributed by atoms with Gasteiger partial charge in [-0.2, -0.15) is 0 Å². The number of hydrogen-bond donors (Lipinski definition) is 1. The van der Waals surface area contributed by atoms with Gasteiger partial charge in [-0.25, -0.2) is 0 Å². The number of oxime groups is 1. The molecule has 0 heterocycles. The number of benzene rings is 1. The van der Waals surface area contributed by atoms with E-state index in [-0.39, 0.29) is 0 Å². The van der Waals surface area contributed by atoms with Crippen LogP contribution in [0.2, 0.25) is 0 Å². The van der Waals surface area contributed by atoms with E-state index in [2.05, 4.69) is 5.16 Å². The Morgan fingerprint density at radius 1 is 1.22 bits per heavy atom. The van der Waals surface area contributed by atoms with Gasteiger partial charge in [0, 0.05) is 0 Å². The molecule has 1 fully saturated rings. The summed E-state index contributed by atoms with van der Waals surface area (Å²) in [6.45, 7) is 2.31. The Morgan fingerprint density at radius 2 is 1.89 bits per heavy atom. The lowest BCUT2D eigenvalue weighted by molar-refractivity contribution is 0.0590. The minimum atomic E-state index is -0.741. The minimum absolute atomic E-state index is 0.453. The molecule has 1 N–H and O–H groups in total. The Kier molecular flexibility index (Phi) is 4.37. The van der Waals surface area contributed by atoms with Crippen molar-refractivity contribution in [2.24, 2.45) is 5.16 Å². The van der Waals surface area contributed by atoms with Crippen molar-refractivity contribution in [3.63, 3.8) is 0 Å². The van der Waals surface area contributed by atoms with Crippen molar-refractivity contribution in [1.82, 2.24) is 0 Å². The fraction of sp³-hybridized carbons (Fsp3) is 0.533. The predicted molar refractivity (Wildman–Crippen MR) is 72.4 cm³/mol. The summed E-state index contributed by atoms with van der Waals surface area (Å²) in [6, 6.07) is 9.93. The van der Waals surface area contributed by atoms with Crippen LogP contribution in [0.3, 0.4) is 0 Å². The van der Waals surface area contributed by atoms with Crippen molar-refractivity contribution in [3.05, 3.63) is 35.9 Å². The van der Waals surface area contributed by atoms with Crippen molar-refractivity contribution < 1.29 is 9.94 Å². The molecule has 3 heteroatoms. The van der Waals surface area contributed by atoms with E-state index in [9.17, 15) is 5.11 Å². The van der Waals surface area contributed by atoms with Gasteiger partial charge in [0.05, 0.1) is 5.71 Å². The third-order valence-electron chi connectivity index (χ3n) is 3.63. The topological polar surface area (TPSA) is 41.8 Å². The highest BCUT2D eigenvalue weighted by Crippen LogP contribution is 2.29. The first kappa shape index (κ1) is 13.1. The van der Waals surface area contributed by atoms with E-state index in [4.69, 9.17) is 4.84 Å². The predicted octanol–water partition coefficient (Wildman–Crippen LogP) is 3.27. The average molecular weight is 247 g/mol. The van der Waals surface area contributed by atoms with Crippen LogP contribution >= 0.6 is 0 Å². The summed E-state index contributed by atoms with van der Waals surface area (Å²) < 4.78 is 0. The Morgan fingerprint density at radius 3 is 2.56 bits per heavy atom. The molecule has 0 spiro atoms. The van der Waals surface area contributed by atoms with Crippen LogP contribution in [0.5, 0.6) is 0 Å². The number of nitrogens with zero attached hydrogens (tertiary/aromatic N) is 1. The highest BCUT2D eigenvalue weighted by Gasteiger charge is 2.32. The standard InChI is InChI=1S/C15H21NO2/c1-13(15(17)10-6-3-7-11-15)16-18-12-14-8-4-2-5-9-14/h2,4-5,8-9,17H,3,6-7,10-12H2,1H3/b16-13-. The zero-order valence-corrected chi connectivity index (χ0v) is 10.9. The van der Waals surface area contributed by atoms with Crippen LogP contribution in [0.4, 0.5) is 0 Å². The molecule has 0 aromatic heterocycles. The van der Waals surface area contributed by atoms with E-state index >= 15 is 0 Å². The molecule has 0 amide bonds. The molecule has 0 unspecified atom stereocenters. The number of aliphatic hydroxyl groups is 1. The fourth-order valence-corrected chi connectivity index (χ4v) is 2.36. The lowest BCUT2D eigenvalue weighted by Crippen LogP contribution is -2.39. The largest absolute Gasteiger partial charge is 0.391 e. The Labute approximate surface area is 108 Å². The molecule has 3 nitrogen and oxygen atoms in total. The van der Waals surface area contributed by atoms with Crippen molar-refractivity contribution in [2.45, 2.75) is 51.2 Å². The molecular formula is C15H21NO2. The van der Waals surface area contributed by atoms with Gasteiger partial charge in [-0.1, -0.05) is 54.8 Å². The smallest absolute Gasteiger partial charge is 0.142 e. The minimum Gasteiger partial charge on any atom is -0.391 e. The second kappa shape index (κ2) is 6.01. The zero-order chi connectivity index (χ0) is 12.8. The highest BCUT2D eigenvalue weighted by atomic mass is 16.6. The molecule has 1 aromatic carbocycles. The highest BCUT2D eigenvalue weighted by molar-refractivity contribution is 5.89. The normalized spacial score (nSPS) is 19.6. The molecule has 1 aliphatic rings. The van der Waals surface area contributed by atoms with Crippen molar-refractivity contribution >= 4 is 5.71 Å². The summed E-state index contributed by atoms with van der Waals surface area (Å²) in [5, 5.41) is 14.5. The molecule has 0 aliphatic heterocycles. The third-order valence-corrected chi connectivity index (χ3v) is 3.63. The van der Waals surface area contributed by atoms with Crippen LogP contribution in [0.15, 0.2) is 35.5 Å². The molecule has 2 rings (SSSR count). The maximum absolute atomic E-state index is 10.4. The van der Waals surface area contributed by atoms with E-state index in [1.807, 2.05) is 37.3 Å². The van der Waals surface area contributed by atoms with Gasteiger partial charge in [-0.15, -0.1) is 0 Å². The lowest BCUT2D eigenvalue weighted by atomic mass is 9.82. The van der Waals surface area contributed by atoms with Gasteiger partial charge in [0.15, 0.2) is 0 Å². The Bertz CT molecular complexity index is 394. The van der Waals surface area contributed by atoms with E-state index in [1.165, 1.54) is 6.42 Å². The van der Waals surface area contributed by atoms with Gasteiger partial charge in [-0.05, 0) is 25.3 Å². The second-order valence-electron chi connectivity index (χ2n) is 5.03. The fourth-order valence-electron chi connectivity index (χ4n) is 2.36. The molecule has 1 saturated carbocycles. The molecule has 0 saturated heterocycles. The lowest BCUT2D eigenvalue weighted by Gasteiger charge is -2.31. The van der Waals surface area contributed by atoms with Gasteiger partial charge in [0.2, 0.25) is 0 Å². The quantitative estimate of drug-likeness (QED) is 0.655. The van der Waals surface area contributed by atoms with Crippen LogP contribution < -0.4 is 0 Å². The van der Waals surface area contributed by atoms with Gasteiger partial charge in [0.25, 0.3) is 0 Å². The molecule has 0 radical (unpaired) electrons. The van der Waals surface area contributed by atoms with Crippen LogP contribution in [-0.2, 0) is 11.4 Å². The molecule has 1 aliphatic carbocycles. The molecule has 18 heavy (non-hydrogen) atoms. The maximum Gasteiger partial charge on any atom is 0.142 e. The molecular weight excluding hydrogens is 226 g/mol. The van der Waals surface area contributed by atoms with Gasteiger partial charge < -0.3 is 9.94 Å². The van der Waals surface area contributed by atoms with Crippen molar-refractivity contribution in [3.8, 4) is 0 Å². The summed E-state index contributed by atoms with van der Waals surface area (Å²) >= 11 is 0. The second-order valence-corrected chi connectivity index (χ2v) is 5.03. The maximum atomic E-state index is 10.4. The van der Waals surface area contributed by atoms with Crippen molar-refractivity contribution in [2.75, 3.05) is 0 Å². The van der Waals surface area contributed by atoms with E-state index in [0.717, 1.165) is 31.2 Å². The first-order valence-electron chi connectivity index (χ1n) is 6.64. The van der Waals surface area contributed by atoms with Crippen molar-refractivity contribution in [1.29, 1.82) is 0 Å². The third kappa shape index (κ3) is 3.33. The summed E-state index contributed by atoms with van der Waals surface area (Å²) in [4.78, 5) is 5.33. The van der Waals surface area contributed by atoms with Crippen LogP contribution in [0, 0.1) is 0 Å². The summed E-state index contributed by atoms with van der Waals surface area (Å²) in [6.07, 6.45) is 4.96. The van der Waals surface area contributed by atoms with E-state index < -0.39 is 5.60 Å². The van der Waals surface area contributed by atoms with E-state index in [1.54, 1.807) is 0 Å². The first-order chi connectivity index (χ1) is 8.71. The Hall–Kier alpha value is -1.35. The molecule has 0 bridgehead atoms. The van der Waals surface area contributed by atoms with Gasteiger partial charge >= 0.3 is 0 Å². The molecule has 98 valence electrons. The first-order valence-corrected chi connectivity index (χ1v) is 6.64. The van der Waals surface area contributed by atoms with Crippen LogP contribution in [0.1, 0.15) is 44.6 Å². The summed E-state index contributed by atoms with van der Waals surface area (Å²) in [7, 11) is 0. The van der Waals surface area contributed by atoms with Crippen LogP contribution in [-0.4, -0.2) is 16.4 Å². The summed E-state index contributed by atoms with van der Waals surface area (Å²) in [5.74, 6) is 0. The molecule has 0 atom stereocenters. The average Bonchev–Trinajstić information content (AvgIpc) is 2.41. The van der Waals surface area contributed by atoms with E-state index in [0.29, 0.717) is 12.3 Å². The zero-order valence-electron chi connectivity index (χ0n) is 10.9. The number of rotatable bonds is 4. The van der Waals surface area contributed by atoms with Gasteiger partial charge in [0.1, 0.15) is 12.2 Å². The van der Waals surface area contributed by atoms with Gasteiger partial charge in [-0.3, -0.25) is 0 Å². The summed E-state index contributed by atoms with van der Waals surface area (Å²) in [5.41, 5.74) is 1.05. The SMILES string of the molecule is C/C(=N/OCc1ccccc1)C1(O)CCCCC1. The monoisotopic (exact) mass is 247 g/mol. The Balaban J connectivity index is 1.88. The number of hydrogen-bond acceptors (Lipinski definition) is 3. The van der Waals surface area contributed by atoms with Crippen LogP contribution in [0.25, 0.3) is 0 Å². The molecule has 1 aromatic rings.